The molecule has 4 rings (SSSR count). The van der Waals surface area contributed by atoms with Crippen molar-refractivity contribution >= 4 is 49.8 Å². The van der Waals surface area contributed by atoms with Gasteiger partial charge in [0.2, 0.25) is 0 Å². The molecule has 1 aromatic carbocycles. The highest BCUT2D eigenvalue weighted by molar-refractivity contribution is 7.21. The summed E-state index contributed by atoms with van der Waals surface area (Å²) in [6.45, 7) is 4.08. The number of nitrogens with one attached hydrogen (secondary N) is 2. The fourth-order valence-electron chi connectivity index (χ4n) is 2.68. The van der Waals surface area contributed by atoms with E-state index in [1.54, 1.807) is 37.3 Å². The zero-order chi connectivity index (χ0) is 20.4. The second-order valence-corrected chi connectivity index (χ2v) is 7.98. The molecule has 2 amide bonds. The number of nitrogens with zero attached hydrogens (tertiary/aromatic N) is 2. The largest absolute Gasteiger partial charge is 0.494 e. The Kier molecular flexibility index (Phi) is 5.36. The van der Waals surface area contributed by atoms with Gasteiger partial charge in [0, 0.05) is 11.6 Å². The lowest BCUT2D eigenvalue weighted by Gasteiger charge is -2.15. The Hall–Kier alpha value is -3.11. The second kappa shape index (κ2) is 8.10. The number of hydrogen-bond donors (Lipinski definition) is 2. The van der Waals surface area contributed by atoms with Crippen LogP contribution in [-0.2, 0) is 4.79 Å². The van der Waals surface area contributed by atoms with Crippen molar-refractivity contribution in [2.24, 2.45) is 0 Å². The molecule has 0 aliphatic carbocycles. The number of fused-ring (bicyclic) bond motifs is 3. The standard InChI is InChI=1S/C19H18N4O4S2/c1-3-26-12-4-6-13(7-5-12)27-11(2)16(24)21-22-17(25)15-10-14-18(29-15)20-19-23(14)8-9-28-19/h4-11H,3H2,1-2H3,(H,21,24)(H,22,25). The number of carbonyl (C=O) groups is 2. The molecule has 0 radical (unpaired) electrons. The number of benzene rings is 1. The number of aromatic nitrogens is 2. The van der Waals surface area contributed by atoms with Crippen LogP contribution in [0.5, 0.6) is 11.5 Å². The smallest absolute Gasteiger partial charge is 0.279 e. The predicted octanol–water partition coefficient (Wildman–Crippen LogP) is 3.24. The van der Waals surface area contributed by atoms with Crippen molar-refractivity contribution in [1.29, 1.82) is 0 Å². The number of thiazole rings is 1. The summed E-state index contributed by atoms with van der Waals surface area (Å²) < 4.78 is 12.9. The minimum atomic E-state index is -0.791. The number of rotatable bonds is 6. The molecular formula is C19H18N4O4S2. The first-order valence-electron chi connectivity index (χ1n) is 8.90. The average Bonchev–Trinajstić information content (AvgIpc) is 3.40. The number of imidazole rings is 1. The number of ether oxygens (including phenoxy) is 2. The van der Waals surface area contributed by atoms with Gasteiger partial charge in [-0.15, -0.1) is 22.7 Å². The lowest BCUT2D eigenvalue weighted by atomic mass is 10.3. The van der Waals surface area contributed by atoms with Gasteiger partial charge in [-0.05, 0) is 44.2 Å². The van der Waals surface area contributed by atoms with Gasteiger partial charge in [-0.25, -0.2) is 4.98 Å². The van der Waals surface area contributed by atoms with E-state index < -0.39 is 17.9 Å². The molecule has 0 saturated carbocycles. The quantitative estimate of drug-likeness (QED) is 0.458. The molecule has 4 aromatic rings. The fourth-order valence-corrected chi connectivity index (χ4v) is 4.38. The van der Waals surface area contributed by atoms with Gasteiger partial charge in [0.1, 0.15) is 16.3 Å². The van der Waals surface area contributed by atoms with Gasteiger partial charge in [-0.3, -0.25) is 24.8 Å². The van der Waals surface area contributed by atoms with Gasteiger partial charge in [0.15, 0.2) is 11.1 Å². The molecule has 3 heterocycles. The van der Waals surface area contributed by atoms with Crippen molar-refractivity contribution in [3.05, 3.63) is 46.8 Å². The van der Waals surface area contributed by atoms with E-state index in [2.05, 4.69) is 15.8 Å². The van der Waals surface area contributed by atoms with E-state index in [9.17, 15) is 9.59 Å². The van der Waals surface area contributed by atoms with Crippen molar-refractivity contribution in [2.45, 2.75) is 20.0 Å². The molecule has 0 saturated heterocycles. The summed E-state index contributed by atoms with van der Waals surface area (Å²) in [7, 11) is 0. The summed E-state index contributed by atoms with van der Waals surface area (Å²) in [6.07, 6.45) is 1.12. The number of hydrazine groups is 1. The monoisotopic (exact) mass is 430 g/mol. The topological polar surface area (TPSA) is 94.0 Å². The van der Waals surface area contributed by atoms with E-state index in [1.807, 2.05) is 22.9 Å². The Balaban J connectivity index is 1.33. The molecule has 8 nitrogen and oxygen atoms in total. The molecule has 1 unspecified atom stereocenters. The third-order valence-electron chi connectivity index (χ3n) is 4.08. The molecule has 10 heteroatoms. The summed E-state index contributed by atoms with van der Waals surface area (Å²) in [6, 6.07) is 8.74. The van der Waals surface area contributed by atoms with E-state index in [4.69, 9.17) is 9.47 Å². The van der Waals surface area contributed by atoms with Crippen LogP contribution in [0.15, 0.2) is 41.9 Å². The molecule has 29 heavy (non-hydrogen) atoms. The first kappa shape index (κ1) is 19.2. The van der Waals surface area contributed by atoms with Gasteiger partial charge >= 0.3 is 0 Å². The minimum Gasteiger partial charge on any atom is -0.494 e. The predicted molar refractivity (Wildman–Crippen MR) is 112 cm³/mol. The van der Waals surface area contributed by atoms with Gasteiger partial charge in [-0.1, -0.05) is 0 Å². The SMILES string of the molecule is CCOc1ccc(OC(C)C(=O)NNC(=O)c2cc3c(nc4sccn43)s2)cc1. The molecule has 0 aliphatic rings. The van der Waals surface area contributed by atoms with E-state index in [0.29, 0.717) is 17.2 Å². The summed E-state index contributed by atoms with van der Waals surface area (Å²) in [5.41, 5.74) is 5.69. The van der Waals surface area contributed by atoms with Crippen LogP contribution in [0.2, 0.25) is 0 Å². The first-order chi connectivity index (χ1) is 14.0. The molecule has 0 bridgehead atoms. The highest BCUT2D eigenvalue weighted by atomic mass is 32.1. The van der Waals surface area contributed by atoms with E-state index >= 15 is 0 Å². The third-order valence-corrected chi connectivity index (χ3v) is 5.85. The lowest BCUT2D eigenvalue weighted by molar-refractivity contribution is -0.128. The Morgan fingerprint density at radius 1 is 1.21 bits per heavy atom. The summed E-state index contributed by atoms with van der Waals surface area (Å²) in [5.74, 6) is 0.392. The second-order valence-electron chi connectivity index (χ2n) is 6.08. The molecule has 2 N–H and O–H groups in total. The summed E-state index contributed by atoms with van der Waals surface area (Å²) in [4.78, 5) is 31.2. The van der Waals surface area contributed by atoms with Crippen LogP contribution >= 0.6 is 22.7 Å². The van der Waals surface area contributed by atoms with Gasteiger partial charge in [0.25, 0.3) is 11.8 Å². The fraction of sp³-hybridized carbons (Fsp3) is 0.211. The van der Waals surface area contributed by atoms with Crippen LogP contribution in [0, 0.1) is 0 Å². The normalized spacial score (nSPS) is 12.1. The Labute approximate surface area is 174 Å². The van der Waals surface area contributed by atoms with E-state index in [-0.39, 0.29) is 0 Å². The molecule has 1 atom stereocenters. The number of hydrogen-bond acceptors (Lipinski definition) is 7. The molecule has 0 spiro atoms. The maximum Gasteiger partial charge on any atom is 0.279 e. The molecule has 3 aromatic heterocycles. The first-order valence-corrected chi connectivity index (χ1v) is 10.6. The lowest BCUT2D eigenvalue weighted by Crippen LogP contribution is -2.47. The molecule has 0 aliphatic heterocycles. The van der Waals surface area contributed by atoms with Crippen molar-refractivity contribution in [1.82, 2.24) is 20.2 Å². The average molecular weight is 431 g/mol. The van der Waals surface area contributed by atoms with Crippen LogP contribution in [-0.4, -0.2) is 33.9 Å². The zero-order valence-corrected chi connectivity index (χ0v) is 17.3. The van der Waals surface area contributed by atoms with Crippen molar-refractivity contribution < 1.29 is 19.1 Å². The molecular weight excluding hydrogens is 412 g/mol. The Bertz CT molecular complexity index is 1160. The minimum absolute atomic E-state index is 0.404. The maximum absolute atomic E-state index is 12.4. The van der Waals surface area contributed by atoms with Crippen LogP contribution in [0.1, 0.15) is 23.5 Å². The van der Waals surface area contributed by atoms with Crippen molar-refractivity contribution in [2.75, 3.05) is 6.61 Å². The maximum atomic E-state index is 12.4. The molecule has 0 fully saturated rings. The summed E-state index contributed by atoms with van der Waals surface area (Å²) >= 11 is 2.81. The van der Waals surface area contributed by atoms with Crippen LogP contribution in [0.25, 0.3) is 15.3 Å². The highest BCUT2D eigenvalue weighted by Crippen LogP contribution is 2.28. The summed E-state index contributed by atoms with van der Waals surface area (Å²) in [5, 5.41) is 1.94. The van der Waals surface area contributed by atoms with Crippen LogP contribution in [0.3, 0.4) is 0 Å². The van der Waals surface area contributed by atoms with Crippen molar-refractivity contribution in [3.63, 3.8) is 0 Å². The van der Waals surface area contributed by atoms with E-state index in [1.165, 1.54) is 22.7 Å². The third kappa shape index (κ3) is 4.03. The van der Waals surface area contributed by atoms with Crippen LogP contribution in [0.4, 0.5) is 0 Å². The number of amides is 2. The Morgan fingerprint density at radius 2 is 1.97 bits per heavy atom. The Morgan fingerprint density at radius 3 is 2.72 bits per heavy atom. The van der Waals surface area contributed by atoms with Gasteiger partial charge < -0.3 is 9.47 Å². The zero-order valence-electron chi connectivity index (χ0n) is 15.7. The van der Waals surface area contributed by atoms with Gasteiger partial charge in [0.05, 0.1) is 17.0 Å². The highest BCUT2D eigenvalue weighted by Gasteiger charge is 2.18. The number of carbonyl (C=O) groups excluding carboxylic acids is 2. The molecule has 150 valence electrons. The van der Waals surface area contributed by atoms with Crippen molar-refractivity contribution in [3.8, 4) is 11.5 Å². The van der Waals surface area contributed by atoms with Gasteiger partial charge in [-0.2, -0.15) is 0 Å². The van der Waals surface area contributed by atoms with E-state index in [0.717, 1.165) is 21.1 Å². The number of thiophene rings is 1. The van der Waals surface area contributed by atoms with Crippen LogP contribution < -0.4 is 20.3 Å².